The third-order valence-corrected chi connectivity index (χ3v) is 3.92. The van der Waals surface area contributed by atoms with Gasteiger partial charge in [-0.05, 0) is 6.08 Å². The predicted octanol–water partition coefficient (Wildman–Crippen LogP) is -2.29. The number of rotatable bonds is 19. The second kappa shape index (κ2) is 20.1. The summed E-state index contributed by atoms with van der Waals surface area (Å²) in [4.78, 5) is 57.5. The molecule has 4 amide bonds. The fourth-order valence-electron chi connectivity index (χ4n) is 2.18. The standard InChI is InChI=1S/C20H35N5O7/c1-25(20(30)3-2-12-26)11-5-18(28)24-10-14-32-16-15-31-13-6-19(29)23-9-8-22-17(27)4-7-21/h2-3,12H,4-11,13-16,21H2,1H3,(H,22,27)(H,23,29)(H,24,28)/b3-2-. The van der Waals surface area contributed by atoms with Crippen molar-refractivity contribution in [3.05, 3.63) is 12.2 Å². The number of carbonyl (C=O) groups excluding carboxylic acids is 5. The highest BCUT2D eigenvalue weighted by Gasteiger charge is 2.08. The van der Waals surface area contributed by atoms with Crippen molar-refractivity contribution in [1.29, 1.82) is 0 Å². The number of likely N-dealkylation sites (N-methyl/N-ethyl adjacent to an activating group) is 1. The number of ether oxygens (including phenoxy) is 2. The second-order valence-electron chi connectivity index (χ2n) is 6.57. The van der Waals surface area contributed by atoms with Crippen LogP contribution in [0.5, 0.6) is 0 Å². The Balaban J connectivity index is 3.51. The molecule has 0 aromatic carbocycles. The van der Waals surface area contributed by atoms with Crippen LogP contribution in [0.15, 0.2) is 12.2 Å². The number of allylic oxidation sites excluding steroid dienone is 1. The average molecular weight is 458 g/mol. The smallest absolute Gasteiger partial charge is 0.246 e. The Hall–Kier alpha value is -2.83. The van der Waals surface area contributed by atoms with Crippen LogP contribution in [0.25, 0.3) is 0 Å². The van der Waals surface area contributed by atoms with E-state index in [0.29, 0.717) is 45.7 Å². The summed E-state index contributed by atoms with van der Waals surface area (Å²) in [6.45, 7) is 2.74. The van der Waals surface area contributed by atoms with E-state index in [1.807, 2.05) is 0 Å². The van der Waals surface area contributed by atoms with Crippen molar-refractivity contribution in [3.63, 3.8) is 0 Å². The lowest BCUT2D eigenvalue weighted by Crippen LogP contribution is -2.35. The minimum absolute atomic E-state index is 0.141. The van der Waals surface area contributed by atoms with Gasteiger partial charge in [0, 0.05) is 65.1 Å². The van der Waals surface area contributed by atoms with E-state index in [1.54, 1.807) is 7.05 Å². The number of nitrogens with one attached hydrogen (secondary N) is 3. The van der Waals surface area contributed by atoms with Crippen LogP contribution in [-0.4, -0.2) is 101 Å². The van der Waals surface area contributed by atoms with Gasteiger partial charge in [-0.15, -0.1) is 0 Å². The zero-order chi connectivity index (χ0) is 24.0. The van der Waals surface area contributed by atoms with Gasteiger partial charge >= 0.3 is 0 Å². The molecular formula is C20H35N5O7. The fraction of sp³-hybridized carbons (Fsp3) is 0.650. The number of amides is 4. The summed E-state index contributed by atoms with van der Waals surface area (Å²) in [5.74, 6) is -0.881. The molecule has 12 heteroatoms. The molecule has 0 unspecified atom stereocenters. The van der Waals surface area contributed by atoms with Gasteiger partial charge in [-0.25, -0.2) is 0 Å². The van der Waals surface area contributed by atoms with Gasteiger partial charge in [0.1, 0.15) is 6.29 Å². The third kappa shape index (κ3) is 18.0. The first kappa shape index (κ1) is 29.2. The predicted molar refractivity (Wildman–Crippen MR) is 116 cm³/mol. The second-order valence-corrected chi connectivity index (χ2v) is 6.57. The third-order valence-electron chi connectivity index (χ3n) is 3.92. The van der Waals surface area contributed by atoms with Crippen LogP contribution in [0.2, 0.25) is 0 Å². The quantitative estimate of drug-likeness (QED) is 0.0954. The molecule has 0 aromatic rings. The highest BCUT2D eigenvalue weighted by molar-refractivity contribution is 5.91. The van der Waals surface area contributed by atoms with Crippen molar-refractivity contribution in [2.75, 3.05) is 66.2 Å². The van der Waals surface area contributed by atoms with Crippen molar-refractivity contribution >= 4 is 29.9 Å². The first-order valence-electron chi connectivity index (χ1n) is 10.4. The minimum Gasteiger partial charge on any atom is -0.379 e. The summed E-state index contributed by atoms with van der Waals surface area (Å²) in [6, 6.07) is 0. The summed E-state index contributed by atoms with van der Waals surface area (Å²) < 4.78 is 10.6. The van der Waals surface area contributed by atoms with Crippen molar-refractivity contribution in [2.24, 2.45) is 5.73 Å². The first-order valence-corrected chi connectivity index (χ1v) is 10.4. The van der Waals surface area contributed by atoms with E-state index in [0.717, 1.165) is 12.2 Å². The van der Waals surface area contributed by atoms with E-state index in [1.165, 1.54) is 4.90 Å². The molecule has 0 aliphatic rings. The monoisotopic (exact) mass is 457 g/mol. The molecule has 182 valence electrons. The maximum absolute atomic E-state index is 11.7. The summed E-state index contributed by atoms with van der Waals surface area (Å²) in [5.41, 5.74) is 5.26. The summed E-state index contributed by atoms with van der Waals surface area (Å²) in [7, 11) is 1.54. The topological polar surface area (TPSA) is 169 Å². The molecule has 0 radical (unpaired) electrons. The van der Waals surface area contributed by atoms with E-state index in [-0.39, 0.29) is 62.6 Å². The molecule has 0 heterocycles. The van der Waals surface area contributed by atoms with Crippen LogP contribution in [0.4, 0.5) is 0 Å². The van der Waals surface area contributed by atoms with Gasteiger partial charge in [0.05, 0.1) is 26.4 Å². The van der Waals surface area contributed by atoms with Crippen LogP contribution in [-0.2, 0) is 33.4 Å². The van der Waals surface area contributed by atoms with Crippen LogP contribution in [0.3, 0.4) is 0 Å². The van der Waals surface area contributed by atoms with Crippen LogP contribution >= 0.6 is 0 Å². The minimum atomic E-state index is -0.350. The molecule has 0 spiro atoms. The van der Waals surface area contributed by atoms with Crippen molar-refractivity contribution in [3.8, 4) is 0 Å². The van der Waals surface area contributed by atoms with Crippen LogP contribution in [0, 0.1) is 0 Å². The molecule has 12 nitrogen and oxygen atoms in total. The molecule has 0 fully saturated rings. The van der Waals surface area contributed by atoms with E-state index in [4.69, 9.17) is 15.2 Å². The molecular weight excluding hydrogens is 422 g/mol. The van der Waals surface area contributed by atoms with Gasteiger partial charge in [-0.2, -0.15) is 0 Å². The van der Waals surface area contributed by atoms with Gasteiger partial charge in [-0.1, -0.05) is 0 Å². The molecule has 0 aliphatic heterocycles. The Morgan fingerprint density at radius 3 is 2.00 bits per heavy atom. The average Bonchev–Trinajstić information content (AvgIpc) is 2.77. The Bertz CT molecular complexity index is 613. The summed E-state index contributed by atoms with van der Waals surface area (Å²) in [5, 5.41) is 7.97. The number of hydrogen-bond donors (Lipinski definition) is 4. The zero-order valence-corrected chi connectivity index (χ0v) is 18.6. The zero-order valence-electron chi connectivity index (χ0n) is 18.6. The Morgan fingerprint density at radius 1 is 0.812 bits per heavy atom. The maximum Gasteiger partial charge on any atom is 0.246 e. The van der Waals surface area contributed by atoms with E-state index >= 15 is 0 Å². The lowest BCUT2D eigenvalue weighted by molar-refractivity contribution is -0.126. The summed E-state index contributed by atoms with van der Waals surface area (Å²) >= 11 is 0. The van der Waals surface area contributed by atoms with Gasteiger partial charge in [0.15, 0.2) is 0 Å². The maximum atomic E-state index is 11.7. The molecule has 0 rings (SSSR count). The number of nitrogens with two attached hydrogens (primary N) is 1. The Kier molecular flexibility index (Phi) is 18.3. The summed E-state index contributed by atoms with van der Waals surface area (Å²) in [6.07, 6.45) is 3.36. The van der Waals surface area contributed by atoms with Crippen LogP contribution < -0.4 is 21.7 Å². The Morgan fingerprint density at radius 2 is 1.38 bits per heavy atom. The lowest BCUT2D eigenvalue weighted by atomic mass is 10.3. The molecule has 0 aromatic heterocycles. The normalized spacial score (nSPS) is 10.6. The molecule has 0 atom stereocenters. The number of hydrogen-bond acceptors (Lipinski definition) is 8. The van der Waals surface area contributed by atoms with E-state index in [9.17, 15) is 24.0 Å². The lowest BCUT2D eigenvalue weighted by Gasteiger charge is -2.14. The van der Waals surface area contributed by atoms with E-state index in [2.05, 4.69) is 16.0 Å². The largest absolute Gasteiger partial charge is 0.379 e. The highest BCUT2D eigenvalue weighted by atomic mass is 16.5. The van der Waals surface area contributed by atoms with E-state index < -0.39 is 0 Å². The number of aldehydes is 1. The van der Waals surface area contributed by atoms with Gasteiger partial charge in [0.25, 0.3) is 0 Å². The first-order chi connectivity index (χ1) is 15.4. The molecule has 5 N–H and O–H groups in total. The van der Waals surface area contributed by atoms with Crippen molar-refractivity contribution < 1.29 is 33.4 Å². The van der Waals surface area contributed by atoms with Crippen molar-refractivity contribution in [2.45, 2.75) is 19.3 Å². The SMILES string of the molecule is CN(CCC(=O)NCCOCCOCCC(=O)NCCNC(=O)CCN)C(=O)/C=C\C=O. The fourth-order valence-corrected chi connectivity index (χ4v) is 2.18. The van der Waals surface area contributed by atoms with Gasteiger partial charge in [0.2, 0.25) is 23.6 Å². The molecule has 0 saturated carbocycles. The van der Waals surface area contributed by atoms with Gasteiger partial charge in [-0.3, -0.25) is 24.0 Å². The molecule has 32 heavy (non-hydrogen) atoms. The molecule has 0 saturated heterocycles. The van der Waals surface area contributed by atoms with Gasteiger partial charge < -0.3 is 36.1 Å². The molecule has 0 bridgehead atoms. The number of nitrogens with zero attached hydrogens (tertiary/aromatic N) is 1. The van der Waals surface area contributed by atoms with Crippen LogP contribution in [0.1, 0.15) is 19.3 Å². The Labute approximate surface area is 188 Å². The number of carbonyl (C=O) groups is 5. The molecule has 0 aliphatic carbocycles. The highest BCUT2D eigenvalue weighted by Crippen LogP contribution is 1.91. The van der Waals surface area contributed by atoms with Crippen molar-refractivity contribution in [1.82, 2.24) is 20.9 Å².